The number of nitrogens with two attached hydrogens (primary N) is 1. The number of ether oxygens (including phenoxy) is 1. The molecule has 1 saturated carbocycles. The molecule has 28 heavy (non-hydrogen) atoms. The van der Waals surface area contributed by atoms with Crippen molar-refractivity contribution in [1.29, 1.82) is 0 Å². The van der Waals surface area contributed by atoms with Gasteiger partial charge in [0.1, 0.15) is 5.69 Å². The van der Waals surface area contributed by atoms with E-state index in [9.17, 15) is 9.59 Å². The van der Waals surface area contributed by atoms with Crippen LogP contribution in [0.15, 0.2) is 36.4 Å². The Morgan fingerprint density at radius 1 is 1.25 bits per heavy atom. The van der Waals surface area contributed by atoms with Gasteiger partial charge in [0.25, 0.3) is 11.8 Å². The highest BCUT2D eigenvalue weighted by Gasteiger charge is 2.54. The van der Waals surface area contributed by atoms with Crippen LogP contribution in [0.3, 0.4) is 0 Å². The van der Waals surface area contributed by atoms with Crippen molar-refractivity contribution in [2.24, 2.45) is 11.1 Å². The molecule has 1 aromatic carbocycles. The van der Waals surface area contributed by atoms with E-state index in [0.717, 1.165) is 19.3 Å². The van der Waals surface area contributed by atoms with E-state index >= 15 is 0 Å². The summed E-state index contributed by atoms with van der Waals surface area (Å²) in [5.74, 6) is -0.935. The van der Waals surface area contributed by atoms with E-state index in [-0.39, 0.29) is 34.9 Å². The lowest BCUT2D eigenvalue weighted by atomic mass is 9.58. The zero-order valence-electron chi connectivity index (χ0n) is 16.6. The lowest BCUT2D eigenvalue weighted by Crippen LogP contribution is -2.64. The highest BCUT2D eigenvalue weighted by molar-refractivity contribution is 5.97. The van der Waals surface area contributed by atoms with E-state index in [1.807, 2.05) is 25.1 Å². The summed E-state index contributed by atoms with van der Waals surface area (Å²) in [5.41, 5.74) is 6.45. The van der Waals surface area contributed by atoms with Crippen molar-refractivity contribution in [2.75, 3.05) is 6.61 Å². The van der Waals surface area contributed by atoms with Gasteiger partial charge in [-0.3, -0.25) is 9.59 Å². The van der Waals surface area contributed by atoms with Crippen LogP contribution in [-0.2, 0) is 4.74 Å². The Morgan fingerprint density at radius 3 is 2.50 bits per heavy atom. The molecule has 1 aliphatic rings. The molecular formula is C21H28N4O3. The molecule has 7 heteroatoms. The van der Waals surface area contributed by atoms with Gasteiger partial charge >= 0.3 is 0 Å². The minimum absolute atomic E-state index is 0.0189. The number of amides is 2. The molecular weight excluding hydrogens is 356 g/mol. The molecule has 2 unspecified atom stereocenters. The van der Waals surface area contributed by atoms with Crippen LogP contribution in [0.2, 0.25) is 0 Å². The van der Waals surface area contributed by atoms with Gasteiger partial charge < -0.3 is 15.8 Å². The number of nitrogens with one attached hydrogen (secondary N) is 1. The van der Waals surface area contributed by atoms with E-state index in [0.29, 0.717) is 12.3 Å². The van der Waals surface area contributed by atoms with Crippen LogP contribution >= 0.6 is 0 Å². The lowest BCUT2D eigenvalue weighted by molar-refractivity contribution is -0.134. The molecule has 0 radical (unpaired) electrons. The fourth-order valence-corrected chi connectivity index (χ4v) is 4.25. The number of rotatable bonds is 8. The maximum atomic E-state index is 12.9. The van der Waals surface area contributed by atoms with E-state index < -0.39 is 5.91 Å². The fraction of sp³-hybridized carbons (Fsp3) is 0.476. The molecule has 0 saturated heterocycles. The van der Waals surface area contributed by atoms with Crippen molar-refractivity contribution in [3.8, 4) is 5.69 Å². The average Bonchev–Trinajstić information content (AvgIpc) is 3.15. The van der Waals surface area contributed by atoms with Crippen molar-refractivity contribution in [3.05, 3.63) is 47.8 Å². The molecule has 0 aliphatic heterocycles. The van der Waals surface area contributed by atoms with Gasteiger partial charge in [0.15, 0.2) is 5.69 Å². The smallest absolute Gasteiger partial charge is 0.272 e. The number of hydrogen-bond acceptors (Lipinski definition) is 4. The highest BCUT2D eigenvalue weighted by Crippen LogP contribution is 2.49. The predicted octanol–water partition coefficient (Wildman–Crippen LogP) is 2.68. The number of carbonyl (C=O) groups is 2. The van der Waals surface area contributed by atoms with Gasteiger partial charge in [0, 0.05) is 24.1 Å². The quantitative estimate of drug-likeness (QED) is 0.731. The van der Waals surface area contributed by atoms with Crippen LogP contribution in [0, 0.1) is 5.41 Å². The molecule has 7 nitrogen and oxygen atoms in total. The minimum atomic E-state index is -0.632. The second-order valence-corrected chi connectivity index (χ2v) is 7.17. The SMILES string of the molecule is CCOC1CC(NC(=O)c2cc(C(N)=O)n(-c3ccccc3)n2)C1(CC)CC. The first-order valence-corrected chi connectivity index (χ1v) is 9.84. The summed E-state index contributed by atoms with van der Waals surface area (Å²) in [4.78, 5) is 24.7. The summed E-state index contributed by atoms with van der Waals surface area (Å²) < 4.78 is 7.28. The molecule has 0 spiro atoms. The first-order valence-electron chi connectivity index (χ1n) is 9.84. The molecule has 3 rings (SSSR count). The summed E-state index contributed by atoms with van der Waals surface area (Å²) in [6, 6.07) is 10.6. The molecule has 1 heterocycles. The number of aromatic nitrogens is 2. The maximum Gasteiger partial charge on any atom is 0.272 e. The third-order valence-electron chi connectivity index (χ3n) is 5.97. The first-order chi connectivity index (χ1) is 13.5. The molecule has 2 atom stereocenters. The van der Waals surface area contributed by atoms with E-state index in [4.69, 9.17) is 10.5 Å². The number of nitrogens with zero attached hydrogens (tertiary/aromatic N) is 2. The Labute approximate surface area is 165 Å². The number of benzene rings is 1. The lowest BCUT2D eigenvalue weighted by Gasteiger charge is -2.55. The third kappa shape index (κ3) is 3.42. The van der Waals surface area contributed by atoms with Crippen molar-refractivity contribution in [3.63, 3.8) is 0 Å². The number of para-hydroxylation sites is 1. The van der Waals surface area contributed by atoms with Gasteiger partial charge in [-0.25, -0.2) is 4.68 Å². The van der Waals surface area contributed by atoms with Gasteiger partial charge in [-0.05, 0) is 38.3 Å². The van der Waals surface area contributed by atoms with Gasteiger partial charge in [-0.15, -0.1) is 0 Å². The van der Waals surface area contributed by atoms with Crippen molar-refractivity contribution >= 4 is 11.8 Å². The van der Waals surface area contributed by atoms with Crippen LogP contribution < -0.4 is 11.1 Å². The van der Waals surface area contributed by atoms with E-state index in [1.54, 1.807) is 12.1 Å². The molecule has 1 aliphatic carbocycles. The monoisotopic (exact) mass is 384 g/mol. The fourth-order valence-electron chi connectivity index (χ4n) is 4.25. The van der Waals surface area contributed by atoms with Crippen LogP contribution in [0.25, 0.3) is 5.69 Å². The Morgan fingerprint density at radius 2 is 1.93 bits per heavy atom. The van der Waals surface area contributed by atoms with Gasteiger partial charge in [0.2, 0.25) is 0 Å². The molecule has 1 aromatic heterocycles. The topological polar surface area (TPSA) is 99.2 Å². The van der Waals surface area contributed by atoms with Crippen molar-refractivity contribution in [2.45, 2.75) is 52.2 Å². The highest BCUT2D eigenvalue weighted by atomic mass is 16.5. The predicted molar refractivity (Wildman–Crippen MR) is 106 cm³/mol. The maximum absolute atomic E-state index is 12.9. The Bertz CT molecular complexity index is 843. The number of primary amides is 1. The molecule has 0 bridgehead atoms. The van der Waals surface area contributed by atoms with Gasteiger partial charge in [-0.2, -0.15) is 5.10 Å². The normalized spacial score (nSPS) is 20.4. The second kappa shape index (κ2) is 8.14. The van der Waals surface area contributed by atoms with E-state index in [2.05, 4.69) is 24.3 Å². The van der Waals surface area contributed by atoms with Crippen molar-refractivity contribution < 1.29 is 14.3 Å². The first kappa shape index (κ1) is 20.1. The largest absolute Gasteiger partial charge is 0.378 e. The van der Waals surface area contributed by atoms with E-state index in [1.165, 1.54) is 10.7 Å². The molecule has 1 fully saturated rings. The summed E-state index contributed by atoms with van der Waals surface area (Å²) >= 11 is 0. The third-order valence-corrected chi connectivity index (χ3v) is 5.97. The zero-order chi connectivity index (χ0) is 20.3. The second-order valence-electron chi connectivity index (χ2n) is 7.17. The summed E-state index contributed by atoms with van der Waals surface area (Å²) in [6.45, 7) is 6.91. The van der Waals surface area contributed by atoms with Gasteiger partial charge in [0.05, 0.1) is 11.8 Å². The average molecular weight is 384 g/mol. The zero-order valence-corrected chi connectivity index (χ0v) is 16.6. The Hall–Kier alpha value is -2.67. The van der Waals surface area contributed by atoms with Crippen LogP contribution in [-0.4, -0.2) is 40.3 Å². The molecule has 3 N–H and O–H groups in total. The molecule has 2 aromatic rings. The number of hydrogen-bond donors (Lipinski definition) is 2. The minimum Gasteiger partial charge on any atom is -0.378 e. The van der Waals surface area contributed by atoms with Crippen LogP contribution in [0.5, 0.6) is 0 Å². The van der Waals surface area contributed by atoms with Gasteiger partial charge in [-0.1, -0.05) is 32.0 Å². The van der Waals surface area contributed by atoms with Crippen molar-refractivity contribution in [1.82, 2.24) is 15.1 Å². The van der Waals surface area contributed by atoms with Crippen LogP contribution in [0.1, 0.15) is 61.0 Å². The molecule has 2 amide bonds. The standard InChI is InChI=1S/C21H28N4O3/c1-4-21(5-2)17(13-18(21)28-6-3)23-20(27)15-12-16(19(22)26)25(24-15)14-10-8-7-9-11-14/h7-12,17-18H,4-6,13H2,1-3H3,(H2,22,26)(H,23,27). The summed E-state index contributed by atoms with van der Waals surface area (Å²) in [7, 11) is 0. The summed E-state index contributed by atoms with van der Waals surface area (Å²) in [6.07, 6.45) is 2.78. The Balaban J connectivity index is 1.83. The van der Waals surface area contributed by atoms with Crippen LogP contribution in [0.4, 0.5) is 0 Å². The number of carbonyl (C=O) groups excluding carboxylic acids is 2. The summed E-state index contributed by atoms with van der Waals surface area (Å²) in [5, 5.41) is 7.44. The Kier molecular flexibility index (Phi) is 5.84. The molecule has 150 valence electrons.